The third-order valence-electron chi connectivity index (χ3n) is 4.42. The summed E-state index contributed by atoms with van der Waals surface area (Å²) < 4.78 is 11.5. The number of nitrogens with one attached hydrogen (secondary N) is 1. The van der Waals surface area contributed by atoms with Gasteiger partial charge in [-0.05, 0) is 48.7 Å². The summed E-state index contributed by atoms with van der Waals surface area (Å²) in [5.74, 6) is 1.20. The molecule has 0 aliphatic carbocycles. The second-order valence-electron chi connectivity index (χ2n) is 6.55. The lowest BCUT2D eigenvalue weighted by Crippen LogP contribution is -2.03. The summed E-state index contributed by atoms with van der Waals surface area (Å²) in [4.78, 5) is 0. The summed E-state index contributed by atoms with van der Waals surface area (Å²) in [6, 6.07) is 20.3. The molecule has 1 N–H and O–H groups in total. The van der Waals surface area contributed by atoms with Crippen molar-refractivity contribution in [1.29, 1.82) is 0 Å². The number of ether oxygens (including phenoxy) is 2. The number of halogens is 1. The molecule has 0 saturated carbocycles. The van der Waals surface area contributed by atoms with Crippen LogP contribution in [-0.4, -0.2) is 7.11 Å². The van der Waals surface area contributed by atoms with Gasteiger partial charge in [-0.25, -0.2) is 0 Å². The molecule has 0 bridgehead atoms. The maximum atomic E-state index is 6.49. The van der Waals surface area contributed by atoms with Crippen molar-refractivity contribution in [2.24, 2.45) is 0 Å². The Morgan fingerprint density at radius 3 is 2.37 bits per heavy atom. The molecule has 0 unspecified atom stereocenters. The number of hydrogen-bond acceptors (Lipinski definition) is 3. The van der Waals surface area contributed by atoms with Crippen LogP contribution in [0.1, 0.15) is 22.3 Å². The predicted octanol–water partition coefficient (Wildman–Crippen LogP) is 6.16. The molecule has 3 aromatic carbocycles. The van der Waals surface area contributed by atoms with Crippen molar-refractivity contribution in [3.05, 3.63) is 87.9 Å². The van der Waals surface area contributed by atoms with E-state index in [-0.39, 0.29) is 0 Å². The van der Waals surface area contributed by atoms with Crippen LogP contribution in [0.25, 0.3) is 0 Å². The fourth-order valence-corrected chi connectivity index (χ4v) is 3.11. The first-order valence-electron chi connectivity index (χ1n) is 8.91. The summed E-state index contributed by atoms with van der Waals surface area (Å²) >= 11 is 6.49. The summed E-state index contributed by atoms with van der Waals surface area (Å²) in [7, 11) is 1.63. The summed E-state index contributed by atoms with van der Waals surface area (Å²) in [5, 5.41) is 3.98. The van der Waals surface area contributed by atoms with E-state index >= 15 is 0 Å². The van der Waals surface area contributed by atoms with Gasteiger partial charge in [0.2, 0.25) is 0 Å². The lowest BCUT2D eigenvalue weighted by molar-refractivity contribution is 0.284. The van der Waals surface area contributed by atoms with Gasteiger partial charge in [0.1, 0.15) is 6.61 Å². The average molecular weight is 382 g/mol. The minimum Gasteiger partial charge on any atom is -0.493 e. The minimum atomic E-state index is 0.442. The van der Waals surface area contributed by atoms with Gasteiger partial charge in [0, 0.05) is 12.2 Å². The summed E-state index contributed by atoms with van der Waals surface area (Å²) in [5.41, 5.74) is 5.65. The molecule has 0 spiro atoms. The van der Waals surface area contributed by atoms with Crippen LogP contribution in [0.2, 0.25) is 5.02 Å². The number of aryl methyl sites for hydroxylation is 2. The second-order valence-corrected chi connectivity index (χ2v) is 6.96. The molecule has 0 aliphatic heterocycles. The van der Waals surface area contributed by atoms with Gasteiger partial charge in [-0.15, -0.1) is 0 Å². The summed E-state index contributed by atoms with van der Waals surface area (Å²) in [6.45, 7) is 5.24. The fraction of sp³-hybridized carbons (Fsp3) is 0.217. The average Bonchev–Trinajstić information content (AvgIpc) is 2.67. The lowest BCUT2D eigenvalue weighted by atomic mass is 10.1. The monoisotopic (exact) mass is 381 g/mol. The highest BCUT2D eigenvalue weighted by Crippen LogP contribution is 2.37. The SMILES string of the molecule is COc1cc(CNc2ccccc2C)cc(Cl)c1OCc1ccc(C)cc1. The Bertz CT molecular complexity index is 907. The normalized spacial score (nSPS) is 10.5. The van der Waals surface area contributed by atoms with Crippen LogP contribution in [0.15, 0.2) is 60.7 Å². The van der Waals surface area contributed by atoms with Crippen molar-refractivity contribution in [3.63, 3.8) is 0 Å². The zero-order valence-corrected chi connectivity index (χ0v) is 16.6. The molecular formula is C23H24ClNO2. The maximum absolute atomic E-state index is 6.49. The lowest BCUT2D eigenvalue weighted by Gasteiger charge is -2.15. The highest BCUT2D eigenvalue weighted by atomic mass is 35.5. The molecule has 140 valence electrons. The molecule has 0 aliphatic rings. The van der Waals surface area contributed by atoms with E-state index in [4.69, 9.17) is 21.1 Å². The number of hydrogen-bond donors (Lipinski definition) is 1. The molecule has 0 saturated heterocycles. The zero-order chi connectivity index (χ0) is 19.2. The molecule has 4 heteroatoms. The minimum absolute atomic E-state index is 0.442. The van der Waals surface area contributed by atoms with Crippen LogP contribution in [0.4, 0.5) is 5.69 Å². The first kappa shape index (κ1) is 19.1. The number of anilines is 1. The van der Waals surface area contributed by atoms with Crippen molar-refractivity contribution < 1.29 is 9.47 Å². The Balaban J connectivity index is 1.72. The standard InChI is InChI=1S/C23H24ClNO2/c1-16-8-10-18(11-9-16)15-27-23-20(24)12-19(13-22(23)26-3)14-25-21-7-5-4-6-17(21)2/h4-13,25H,14-15H2,1-3H3. The van der Waals surface area contributed by atoms with Crippen LogP contribution in [0.3, 0.4) is 0 Å². The Labute approximate surface area is 165 Å². The molecular weight excluding hydrogens is 358 g/mol. The highest BCUT2D eigenvalue weighted by Gasteiger charge is 2.12. The van der Waals surface area contributed by atoms with E-state index in [1.165, 1.54) is 11.1 Å². The van der Waals surface area contributed by atoms with Crippen LogP contribution in [0.5, 0.6) is 11.5 Å². The van der Waals surface area contributed by atoms with Crippen molar-refractivity contribution >= 4 is 17.3 Å². The van der Waals surface area contributed by atoms with Crippen molar-refractivity contribution in [2.45, 2.75) is 27.0 Å². The molecule has 0 amide bonds. The van der Waals surface area contributed by atoms with Crippen LogP contribution in [0, 0.1) is 13.8 Å². The molecule has 0 aromatic heterocycles. The smallest absolute Gasteiger partial charge is 0.180 e. The molecule has 0 atom stereocenters. The van der Waals surface area contributed by atoms with E-state index in [9.17, 15) is 0 Å². The van der Waals surface area contributed by atoms with Gasteiger partial charge in [0.15, 0.2) is 11.5 Å². The van der Waals surface area contributed by atoms with Gasteiger partial charge in [-0.2, -0.15) is 0 Å². The fourth-order valence-electron chi connectivity index (χ4n) is 2.82. The molecule has 0 heterocycles. The van der Waals surface area contributed by atoms with E-state index in [2.05, 4.69) is 55.6 Å². The Morgan fingerprint density at radius 2 is 1.67 bits per heavy atom. The van der Waals surface area contributed by atoms with E-state index < -0.39 is 0 Å². The predicted molar refractivity (Wildman–Crippen MR) is 112 cm³/mol. The largest absolute Gasteiger partial charge is 0.493 e. The molecule has 0 radical (unpaired) electrons. The van der Waals surface area contributed by atoms with Crippen LogP contribution < -0.4 is 14.8 Å². The third kappa shape index (κ3) is 4.95. The molecule has 27 heavy (non-hydrogen) atoms. The van der Waals surface area contributed by atoms with E-state index in [1.54, 1.807) is 7.11 Å². The summed E-state index contributed by atoms with van der Waals surface area (Å²) in [6.07, 6.45) is 0. The van der Waals surface area contributed by atoms with Crippen molar-refractivity contribution in [3.8, 4) is 11.5 Å². The first-order chi connectivity index (χ1) is 13.1. The molecule has 3 aromatic rings. The Morgan fingerprint density at radius 1 is 0.926 bits per heavy atom. The highest BCUT2D eigenvalue weighted by molar-refractivity contribution is 6.32. The number of rotatable bonds is 7. The maximum Gasteiger partial charge on any atom is 0.180 e. The zero-order valence-electron chi connectivity index (χ0n) is 15.9. The Kier molecular flexibility index (Phi) is 6.25. The molecule has 0 fully saturated rings. The second kappa shape index (κ2) is 8.83. The van der Waals surface area contributed by atoms with Crippen molar-refractivity contribution in [2.75, 3.05) is 12.4 Å². The number of benzene rings is 3. The van der Waals surface area contributed by atoms with Gasteiger partial charge in [0.05, 0.1) is 12.1 Å². The van der Waals surface area contributed by atoms with Gasteiger partial charge >= 0.3 is 0 Å². The van der Waals surface area contributed by atoms with E-state index in [1.807, 2.05) is 24.3 Å². The topological polar surface area (TPSA) is 30.5 Å². The van der Waals surface area contributed by atoms with E-state index in [0.29, 0.717) is 29.7 Å². The quantitative estimate of drug-likeness (QED) is 0.531. The molecule has 3 rings (SSSR count). The van der Waals surface area contributed by atoms with Gasteiger partial charge < -0.3 is 14.8 Å². The Hall–Kier alpha value is -2.65. The first-order valence-corrected chi connectivity index (χ1v) is 9.29. The molecule has 3 nitrogen and oxygen atoms in total. The van der Waals surface area contributed by atoms with Crippen LogP contribution >= 0.6 is 11.6 Å². The number of para-hydroxylation sites is 1. The van der Waals surface area contributed by atoms with Gasteiger partial charge in [0.25, 0.3) is 0 Å². The van der Waals surface area contributed by atoms with Gasteiger partial charge in [-0.1, -0.05) is 59.6 Å². The number of methoxy groups -OCH3 is 1. The third-order valence-corrected chi connectivity index (χ3v) is 4.70. The van der Waals surface area contributed by atoms with Crippen LogP contribution in [-0.2, 0) is 13.2 Å². The van der Waals surface area contributed by atoms with Gasteiger partial charge in [-0.3, -0.25) is 0 Å². The van der Waals surface area contributed by atoms with E-state index in [0.717, 1.165) is 16.8 Å². The van der Waals surface area contributed by atoms with Crippen molar-refractivity contribution in [1.82, 2.24) is 0 Å².